The minimum atomic E-state index is -3.77. The summed E-state index contributed by atoms with van der Waals surface area (Å²) in [5, 5.41) is 0.710. The van der Waals surface area contributed by atoms with Crippen LogP contribution >= 0.6 is 11.6 Å². The highest BCUT2D eigenvalue weighted by atomic mass is 35.5. The predicted octanol–water partition coefficient (Wildman–Crippen LogP) is 5.56. The quantitative estimate of drug-likeness (QED) is 0.420. The van der Waals surface area contributed by atoms with Crippen LogP contribution in [-0.4, -0.2) is 18.0 Å². The van der Waals surface area contributed by atoms with Crippen LogP contribution in [0.5, 0.6) is 0 Å². The first kappa shape index (κ1) is 21.5. The topological polar surface area (TPSA) is 64.0 Å². The Hall–Kier alpha value is -3.35. The molecule has 166 valence electrons. The van der Waals surface area contributed by atoms with Crippen molar-refractivity contribution < 1.29 is 8.42 Å². The maximum Gasteiger partial charge on any atom is 0.280 e. The molecule has 0 fully saturated rings. The lowest BCUT2D eigenvalue weighted by Crippen LogP contribution is -2.13. The normalized spacial score (nSPS) is 14.4. The lowest BCUT2D eigenvalue weighted by Gasteiger charge is -2.13. The zero-order valence-corrected chi connectivity index (χ0v) is 19.6. The highest BCUT2D eigenvalue weighted by Crippen LogP contribution is 2.36. The molecule has 7 heteroatoms. The van der Waals surface area contributed by atoms with Crippen LogP contribution in [0.2, 0.25) is 5.02 Å². The van der Waals surface area contributed by atoms with Gasteiger partial charge in [0.2, 0.25) is 0 Å². The number of aryl methyl sites for hydroxylation is 3. The molecule has 1 aliphatic carbocycles. The molecule has 0 radical (unpaired) electrons. The molecule has 0 spiro atoms. The number of rotatable bonds is 4. The number of nitrogens with one attached hydrogen (secondary N) is 1. The molecule has 0 saturated heterocycles. The van der Waals surface area contributed by atoms with Crippen LogP contribution in [0.3, 0.4) is 0 Å². The highest BCUT2D eigenvalue weighted by Gasteiger charge is 2.19. The number of halogens is 1. The van der Waals surface area contributed by atoms with E-state index < -0.39 is 10.0 Å². The molecule has 0 amide bonds. The van der Waals surface area contributed by atoms with Crippen LogP contribution in [0.25, 0.3) is 11.6 Å². The number of nitrogens with zero attached hydrogens (tertiary/aromatic N) is 2. The Kier molecular flexibility index (Phi) is 5.56. The predicted molar refractivity (Wildman–Crippen MR) is 133 cm³/mol. The van der Waals surface area contributed by atoms with Gasteiger partial charge in [0, 0.05) is 24.0 Å². The number of sulfonamides is 1. The van der Waals surface area contributed by atoms with Crippen LogP contribution in [-0.2, 0) is 29.9 Å². The molecule has 0 aliphatic heterocycles. The average Bonchev–Trinajstić information content (AvgIpc) is 3.18. The van der Waals surface area contributed by atoms with Crippen LogP contribution in [0, 0.1) is 0 Å². The van der Waals surface area contributed by atoms with Gasteiger partial charge in [-0.05, 0) is 76.6 Å². The third-order valence-electron chi connectivity index (χ3n) is 5.74. The zero-order chi connectivity index (χ0) is 23.0. The van der Waals surface area contributed by atoms with Gasteiger partial charge >= 0.3 is 0 Å². The summed E-state index contributed by atoms with van der Waals surface area (Å²) < 4.78 is 29.6. The molecule has 1 heterocycles. The first-order valence-corrected chi connectivity index (χ1v) is 12.4. The lowest BCUT2D eigenvalue weighted by molar-refractivity contribution is 0.598. The van der Waals surface area contributed by atoms with Crippen molar-refractivity contribution in [3.8, 4) is 0 Å². The van der Waals surface area contributed by atoms with Gasteiger partial charge in [-0.25, -0.2) is 4.98 Å². The summed E-state index contributed by atoms with van der Waals surface area (Å²) in [6.07, 6.45) is 6.88. The van der Waals surface area contributed by atoms with E-state index in [1.165, 1.54) is 29.2 Å². The van der Waals surface area contributed by atoms with Gasteiger partial charge in [-0.1, -0.05) is 54.1 Å². The number of anilines is 1. The van der Waals surface area contributed by atoms with E-state index in [0.717, 1.165) is 34.6 Å². The average molecular weight is 476 g/mol. The third-order valence-corrected chi connectivity index (χ3v) is 7.24. The van der Waals surface area contributed by atoms with Crippen molar-refractivity contribution in [3.05, 3.63) is 112 Å². The maximum absolute atomic E-state index is 12.7. The fourth-order valence-electron chi connectivity index (χ4n) is 4.20. The fourth-order valence-corrected chi connectivity index (χ4v) is 5.42. The van der Waals surface area contributed by atoms with E-state index in [4.69, 9.17) is 11.6 Å². The van der Waals surface area contributed by atoms with Crippen molar-refractivity contribution in [3.63, 3.8) is 0 Å². The Morgan fingerprint density at radius 2 is 1.76 bits per heavy atom. The van der Waals surface area contributed by atoms with Crippen LogP contribution in [0.1, 0.15) is 27.8 Å². The van der Waals surface area contributed by atoms with Gasteiger partial charge < -0.3 is 4.57 Å². The number of imidazole rings is 1. The lowest BCUT2D eigenvalue weighted by atomic mass is 9.92. The summed E-state index contributed by atoms with van der Waals surface area (Å²) in [5.74, 6) is 0. The summed E-state index contributed by atoms with van der Waals surface area (Å²) in [6, 6.07) is 21.8. The van der Waals surface area contributed by atoms with E-state index in [-0.39, 0.29) is 5.03 Å². The van der Waals surface area contributed by atoms with Gasteiger partial charge in [0.25, 0.3) is 10.0 Å². The van der Waals surface area contributed by atoms with Crippen LogP contribution < -0.4 is 4.72 Å². The summed E-state index contributed by atoms with van der Waals surface area (Å²) in [6.45, 7) is 0. The molecule has 33 heavy (non-hydrogen) atoms. The Balaban J connectivity index is 1.57. The van der Waals surface area contributed by atoms with Crippen LogP contribution in [0.15, 0.2) is 84.3 Å². The number of aromatic nitrogens is 2. The number of benzene rings is 3. The van der Waals surface area contributed by atoms with Crippen molar-refractivity contribution in [2.45, 2.75) is 17.9 Å². The van der Waals surface area contributed by atoms with Crippen LogP contribution in [0.4, 0.5) is 5.69 Å². The standard InChI is InChI=1S/C26H22ClN3O2S/c1-30-16-26(28-17-30)33(31,32)29-22-7-4-5-18(13-22)14-25-23-8-3-2-6-19(23)9-10-20-15-21(27)11-12-24(20)25/h2-8,11-17,29H,9-10H2,1H3/b25-14-. The number of hydrogen-bond acceptors (Lipinski definition) is 3. The molecule has 1 N–H and O–H groups in total. The van der Waals surface area contributed by atoms with Gasteiger partial charge in [-0.3, -0.25) is 4.72 Å². The third kappa shape index (κ3) is 4.45. The van der Waals surface area contributed by atoms with E-state index in [9.17, 15) is 8.42 Å². The second kappa shape index (κ2) is 8.54. The van der Waals surface area contributed by atoms with Crippen molar-refractivity contribution in [1.82, 2.24) is 9.55 Å². The first-order valence-electron chi connectivity index (χ1n) is 10.6. The van der Waals surface area contributed by atoms with Gasteiger partial charge in [-0.15, -0.1) is 0 Å². The molecule has 5 nitrogen and oxygen atoms in total. The monoisotopic (exact) mass is 475 g/mol. The Morgan fingerprint density at radius 1 is 0.970 bits per heavy atom. The Labute approximate surface area is 198 Å². The van der Waals surface area contributed by atoms with Gasteiger partial charge in [0.1, 0.15) is 0 Å². The smallest absolute Gasteiger partial charge is 0.280 e. The minimum absolute atomic E-state index is 0.0164. The molecule has 1 aliphatic rings. The highest BCUT2D eigenvalue weighted by molar-refractivity contribution is 7.92. The van der Waals surface area contributed by atoms with Gasteiger partial charge in [-0.2, -0.15) is 8.42 Å². The zero-order valence-electron chi connectivity index (χ0n) is 18.0. The molecule has 1 aromatic heterocycles. The van der Waals surface area contributed by atoms with Gasteiger partial charge in [0.15, 0.2) is 5.03 Å². The van der Waals surface area contributed by atoms with E-state index in [2.05, 4.69) is 40.0 Å². The van der Waals surface area contributed by atoms with E-state index in [1.807, 2.05) is 36.4 Å². The summed E-state index contributed by atoms with van der Waals surface area (Å²) >= 11 is 6.29. The second-order valence-electron chi connectivity index (χ2n) is 8.12. The summed E-state index contributed by atoms with van der Waals surface area (Å²) in [4.78, 5) is 3.96. The van der Waals surface area contributed by atoms with E-state index in [1.54, 1.807) is 17.7 Å². The van der Waals surface area contributed by atoms with Crippen molar-refractivity contribution >= 4 is 39.0 Å². The number of hydrogen-bond donors (Lipinski definition) is 1. The molecule has 4 aromatic rings. The summed E-state index contributed by atoms with van der Waals surface area (Å²) in [7, 11) is -2.04. The van der Waals surface area contributed by atoms with Gasteiger partial charge in [0.05, 0.1) is 6.33 Å². The largest absolute Gasteiger partial charge is 0.339 e. The SMILES string of the molecule is Cn1cnc(S(=O)(=O)Nc2cccc(/C=C3/c4ccccc4CCc4cc(Cl)ccc43)c2)c1. The molecular formula is C26H22ClN3O2S. The molecule has 0 saturated carbocycles. The van der Waals surface area contributed by atoms with E-state index >= 15 is 0 Å². The molecule has 0 bridgehead atoms. The van der Waals surface area contributed by atoms with Crippen molar-refractivity contribution in [2.75, 3.05) is 4.72 Å². The molecule has 0 unspecified atom stereocenters. The maximum atomic E-state index is 12.7. The fraction of sp³-hybridized carbons (Fsp3) is 0.115. The Morgan fingerprint density at radius 3 is 2.58 bits per heavy atom. The first-order chi connectivity index (χ1) is 15.9. The molecular weight excluding hydrogens is 454 g/mol. The number of fused-ring (bicyclic) bond motifs is 2. The van der Waals surface area contributed by atoms with Crippen molar-refractivity contribution in [1.29, 1.82) is 0 Å². The summed E-state index contributed by atoms with van der Waals surface area (Å²) in [5.41, 5.74) is 7.28. The molecule has 5 rings (SSSR count). The second-order valence-corrected chi connectivity index (χ2v) is 10.2. The minimum Gasteiger partial charge on any atom is -0.339 e. The Bertz CT molecular complexity index is 1490. The molecule has 0 atom stereocenters. The van der Waals surface area contributed by atoms with E-state index in [0.29, 0.717) is 5.69 Å². The molecule has 3 aromatic carbocycles. The van der Waals surface area contributed by atoms with Crippen molar-refractivity contribution in [2.24, 2.45) is 7.05 Å².